The number of methoxy groups -OCH3 is 1. The summed E-state index contributed by atoms with van der Waals surface area (Å²) in [6.07, 6.45) is 8.64. The van der Waals surface area contributed by atoms with Gasteiger partial charge < -0.3 is 10.1 Å². The number of hydrogen-bond donors (Lipinski definition) is 1. The Morgan fingerprint density at radius 3 is 2.60 bits per heavy atom. The predicted molar refractivity (Wildman–Crippen MR) is 88.9 cm³/mol. The molecule has 2 nitrogen and oxygen atoms in total. The van der Waals surface area contributed by atoms with Crippen molar-refractivity contribution < 1.29 is 4.74 Å². The van der Waals surface area contributed by atoms with Gasteiger partial charge in [0.2, 0.25) is 0 Å². The van der Waals surface area contributed by atoms with Crippen molar-refractivity contribution in [1.82, 2.24) is 5.32 Å². The zero-order valence-corrected chi connectivity index (χ0v) is 13.7. The number of para-hydroxylation sites is 1. The number of rotatable bonds is 6. The van der Waals surface area contributed by atoms with E-state index in [-0.39, 0.29) is 0 Å². The molecule has 2 rings (SSSR count). The molecule has 0 amide bonds. The molecule has 0 bridgehead atoms. The summed E-state index contributed by atoms with van der Waals surface area (Å²) >= 11 is 2.03. The molecule has 1 aliphatic rings. The van der Waals surface area contributed by atoms with Crippen molar-refractivity contribution in [1.29, 1.82) is 0 Å². The van der Waals surface area contributed by atoms with Crippen molar-refractivity contribution in [2.45, 2.75) is 56.4 Å². The minimum Gasteiger partial charge on any atom is -0.496 e. The van der Waals surface area contributed by atoms with Crippen molar-refractivity contribution in [3.8, 4) is 5.75 Å². The SMILES string of the molecule is COc1ccccc1CC(C)NC1CCC(SC)CC1. The third-order valence-electron chi connectivity index (χ3n) is 4.25. The van der Waals surface area contributed by atoms with Gasteiger partial charge in [0, 0.05) is 17.3 Å². The molecule has 3 heteroatoms. The molecule has 0 aromatic heterocycles. The molecule has 1 atom stereocenters. The van der Waals surface area contributed by atoms with Gasteiger partial charge in [0.05, 0.1) is 7.11 Å². The van der Waals surface area contributed by atoms with Crippen LogP contribution in [0.5, 0.6) is 5.75 Å². The smallest absolute Gasteiger partial charge is 0.122 e. The van der Waals surface area contributed by atoms with E-state index in [1.807, 2.05) is 23.9 Å². The van der Waals surface area contributed by atoms with Crippen LogP contribution in [-0.4, -0.2) is 30.7 Å². The Balaban J connectivity index is 1.82. The van der Waals surface area contributed by atoms with Crippen LogP contribution < -0.4 is 10.1 Å². The molecule has 1 fully saturated rings. The third-order valence-corrected chi connectivity index (χ3v) is 5.38. The van der Waals surface area contributed by atoms with Crippen LogP contribution in [0.15, 0.2) is 24.3 Å². The van der Waals surface area contributed by atoms with Crippen LogP contribution in [0, 0.1) is 0 Å². The van der Waals surface area contributed by atoms with Crippen molar-refractivity contribution in [2.75, 3.05) is 13.4 Å². The van der Waals surface area contributed by atoms with E-state index < -0.39 is 0 Å². The molecule has 0 saturated heterocycles. The van der Waals surface area contributed by atoms with Gasteiger partial charge in [-0.1, -0.05) is 18.2 Å². The first-order chi connectivity index (χ1) is 9.72. The molecule has 1 unspecified atom stereocenters. The van der Waals surface area contributed by atoms with Gasteiger partial charge in [-0.25, -0.2) is 0 Å². The Bertz CT molecular complexity index is 402. The van der Waals surface area contributed by atoms with Crippen molar-refractivity contribution in [3.63, 3.8) is 0 Å². The van der Waals surface area contributed by atoms with Gasteiger partial charge in [-0.05, 0) is 56.9 Å². The van der Waals surface area contributed by atoms with Gasteiger partial charge in [0.25, 0.3) is 0 Å². The normalized spacial score (nSPS) is 24.4. The van der Waals surface area contributed by atoms with E-state index in [9.17, 15) is 0 Å². The van der Waals surface area contributed by atoms with Gasteiger partial charge in [0.1, 0.15) is 5.75 Å². The maximum absolute atomic E-state index is 5.43. The van der Waals surface area contributed by atoms with Crippen LogP contribution >= 0.6 is 11.8 Å². The predicted octanol–water partition coefficient (Wildman–Crippen LogP) is 3.89. The lowest BCUT2D eigenvalue weighted by atomic mass is 9.93. The summed E-state index contributed by atoms with van der Waals surface area (Å²) in [6.45, 7) is 2.28. The average molecular weight is 293 g/mol. The molecular formula is C17H27NOS. The highest BCUT2D eigenvalue weighted by molar-refractivity contribution is 7.99. The van der Waals surface area contributed by atoms with E-state index in [1.165, 1.54) is 31.2 Å². The van der Waals surface area contributed by atoms with Gasteiger partial charge in [-0.3, -0.25) is 0 Å². The average Bonchev–Trinajstić information content (AvgIpc) is 2.48. The number of benzene rings is 1. The summed E-state index contributed by atoms with van der Waals surface area (Å²) < 4.78 is 5.43. The number of thioether (sulfide) groups is 1. The molecule has 1 saturated carbocycles. The topological polar surface area (TPSA) is 21.3 Å². The summed E-state index contributed by atoms with van der Waals surface area (Å²) in [6, 6.07) is 9.54. The zero-order valence-electron chi connectivity index (χ0n) is 12.9. The van der Waals surface area contributed by atoms with E-state index >= 15 is 0 Å². The Kier molecular flexibility index (Phi) is 6.24. The standard InChI is InChI=1S/C17H27NOS/c1-13(12-14-6-4-5-7-17(14)19-2)18-15-8-10-16(20-3)11-9-15/h4-7,13,15-16,18H,8-12H2,1-3H3. The quantitative estimate of drug-likeness (QED) is 0.860. The Labute approximate surface area is 127 Å². The Morgan fingerprint density at radius 2 is 1.95 bits per heavy atom. The summed E-state index contributed by atoms with van der Waals surface area (Å²) in [7, 11) is 1.75. The number of ether oxygens (including phenoxy) is 1. The highest BCUT2D eigenvalue weighted by atomic mass is 32.2. The molecule has 0 radical (unpaired) electrons. The fourth-order valence-corrected chi connectivity index (χ4v) is 3.87. The molecule has 112 valence electrons. The summed E-state index contributed by atoms with van der Waals surface area (Å²) in [5, 5.41) is 4.69. The fraction of sp³-hybridized carbons (Fsp3) is 0.647. The lowest BCUT2D eigenvalue weighted by Gasteiger charge is -2.30. The summed E-state index contributed by atoms with van der Waals surface area (Å²) in [5.74, 6) is 1.01. The zero-order chi connectivity index (χ0) is 14.4. The van der Waals surface area contributed by atoms with E-state index in [0.29, 0.717) is 12.1 Å². The van der Waals surface area contributed by atoms with Crippen LogP contribution in [0.25, 0.3) is 0 Å². The first-order valence-corrected chi connectivity index (χ1v) is 8.92. The molecule has 1 aromatic rings. The molecular weight excluding hydrogens is 266 g/mol. The van der Waals surface area contributed by atoms with E-state index in [2.05, 4.69) is 30.6 Å². The van der Waals surface area contributed by atoms with E-state index in [4.69, 9.17) is 4.74 Å². The number of nitrogens with one attached hydrogen (secondary N) is 1. The first-order valence-electron chi connectivity index (χ1n) is 7.63. The van der Waals surface area contributed by atoms with Gasteiger partial charge in [0.15, 0.2) is 0 Å². The van der Waals surface area contributed by atoms with E-state index in [1.54, 1.807) is 7.11 Å². The highest BCUT2D eigenvalue weighted by Crippen LogP contribution is 2.27. The van der Waals surface area contributed by atoms with Gasteiger partial charge in [-0.15, -0.1) is 0 Å². The molecule has 1 aromatic carbocycles. The maximum Gasteiger partial charge on any atom is 0.122 e. The van der Waals surface area contributed by atoms with Crippen LogP contribution in [0.3, 0.4) is 0 Å². The molecule has 1 aliphatic carbocycles. The van der Waals surface area contributed by atoms with Crippen LogP contribution in [0.2, 0.25) is 0 Å². The minimum absolute atomic E-state index is 0.502. The van der Waals surface area contributed by atoms with E-state index in [0.717, 1.165) is 17.4 Å². The van der Waals surface area contributed by atoms with Crippen molar-refractivity contribution in [2.24, 2.45) is 0 Å². The van der Waals surface area contributed by atoms with Crippen LogP contribution in [0.1, 0.15) is 38.2 Å². The molecule has 0 heterocycles. The molecule has 0 aliphatic heterocycles. The number of hydrogen-bond acceptors (Lipinski definition) is 3. The molecule has 20 heavy (non-hydrogen) atoms. The Hall–Kier alpha value is -0.670. The second-order valence-electron chi connectivity index (χ2n) is 5.79. The fourth-order valence-electron chi connectivity index (χ4n) is 3.13. The second-order valence-corrected chi connectivity index (χ2v) is 6.93. The minimum atomic E-state index is 0.502. The highest BCUT2D eigenvalue weighted by Gasteiger charge is 2.21. The lowest BCUT2D eigenvalue weighted by molar-refractivity contribution is 0.345. The maximum atomic E-state index is 5.43. The van der Waals surface area contributed by atoms with Crippen molar-refractivity contribution in [3.05, 3.63) is 29.8 Å². The first kappa shape index (κ1) is 15.7. The Morgan fingerprint density at radius 1 is 1.25 bits per heavy atom. The van der Waals surface area contributed by atoms with Crippen molar-refractivity contribution >= 4 is 11.8 Å². The second kappa shape index (κ2) is 7.94. The van der Waals surface area contributed by atoms with Crippen LogP contribution in [-0.2, 0) is 6.42 Å². The summed E-state index contributed by atoms with van der Waals surface area (Å²) in [4.78, 5) is 0. The lowest BCUT2D eigenvalue weighted by Crippen LogP contribution is -2.40. The van der Waals surface area contributed by atoms with Gasteiger partial charge in [-0.2, -0.15) is 11.8 Å². The van der Waals surface area contributed by atoms with Crippen LogP contribution in [0.4, 0.5) is 0 Å². The largest absolute Gasteiger partial charge is 0.496 e. The monoisotopic (exact) mass is 293 g/mol. The third kappa shape index (κ3) is 4.42. The summed E-state index contributed by atoms with van der Waals surface area (Å²) in [5.41, 5.74) is 1.30. The molecule has 1 N–H and O–H groups in total. The molecule has 0 spiro atoms. The van der Waals surface area contributed by atoms with Gasteiger partial charge >= 0.3 is 0 Å².